The molecule has 0 spiro atoms. The van der Waals surface area contributed by atoms with E-state index in [1.807, 2.05) is 0 Å². The van der Waals surface area contributed by atoms with Crippen molar-refractivity contribution in [2.24, 2.45) is 17.3 Å². The topological polar surface area (TPSA) is 66.4 Å². The Hall–Kier alpha value is -1.98. The van der Waals surface area contributed by atoms with Gasteiger partial charge in [0, 0.05) is 0 Å². The van der Waals surface area contributed by atoms with Crippen LogP contribution in [0.2, 0.25) is 0 Å². The molecule has 1 amide bonds. The molecular weight excluding hydrogens is 280 g/mol. The summed E-state index contributed by atoms with van der Waals surface area (Å²) in [7, 11) is 0. The summed E-state index contributed by atoms with van der Waals surface area (Å²) in [5.74, 6) is -4.64. The molecule has 1 fully saturated rings. The number of carbonyl (C=O) groups excluding carboxylic acids is 1. The van der Waals surface area contributed by atoms with E-state index in [4.69, 9.17) is 5.11 Å². The third kappa shape index (κ3) is 2.75. The van der Waals surface area contributed by atoms with Gasteiger partial charge in [-0.15, -0.1) is 0 Å². The number of benzene rings is 1. The molecule has 0 bridgehead atoms. The van der Waals surface area contributed by atoms with Crippen LogP contribution in [0.25, 0.3) is 0 Å². The Morgan fingerprint density at radius 3 is 2.33 bits per heavy atom. The first-order valence-electron chi connectivity index (χ1n) is 6.64. The Labute approximate surface area is 121 Å². The minimum atomic E-state index is -0.999. The van der Waals surface area contributed by atoms with Gasteiger partial charge in [0.1, 0.15) is 0 Å². The third-order valence-electron chi connectivity index (χ3n) is 4.18. The fraction of sp³-hybridized carbons (Fsp3) is 0.467. The fourth-order valence-corrected chi connectivity index (χ4v) is 2.76. The van der Waals surface area contributed by atoms with Crippen LogP contribution in [0.4, 0.5) is 8.78 Å². The van der Waals surface area contributed by atoms with Crippen LogP contribution >= 0.6 is 0 Å². The highest BCUT2D eigenvalue weighted by Gasteiger charge is 2.65. The van der Waals surface area contributed by atoms with Crippen LogP contribution in [0, 0.1) is 28.9 Å². The van der Waals surface area contributed by atoms with Crippen LogP contribution in [0.1, 0.15) is 32.4 Å². The minimum Gasteiger partial charge on any atom is -0.481 e. The number of rotatable bonds is 4. The number of halogens is 2. The van der Waals surface area contributed by atoms with Gasteiger partial charge in [-0.25, -0.2) is 8.78 Å². The Kier molecular flexibility index (Phi) is 3.74. The Morgan fingerprint density at radius 2 is 1.86 bits per heavy atom. The van der Waals surface area contributed by atoms with Crippen LogP contribution < -0.4 is 5.32 Å². The van der Waals surface area contributed by atoms with Crippen molar-refractivity contribution in [2.45, 2.75) is 26.8 Å². The van der Waals surface area contributed by atoms with Crippen molar-refractivity contribution in [1.29, 1.82) is 0 Å². The average molecular weight is 297 g/mol. The molecule has 3 atom stereocenters. The summed E-state index contributed by atoms with van der Waals surface area (Å²) >= 11 is 0. The van der Waals surface area contributed by atoms with Crippen molar-refractivity contribution in [1.82, 2.24) is 5.32 Å². The summed E-state index contributed by atoms with van der Waals surface area (Å²) in [5.41, 5.74) is -0.170. The Balaban J connectivity index is 2.06. The third-order valence-corrected chi connectivity index (χ3v) is 4.18. The number of hydrogen-bond donors (Lipinski definition) is 2. The number of carboxylic acid groups (broad SMARTS) is 1. The molecule has 0 aromatic heterocycles. The van der Waals surface area contributed by atoms with Crippen LogP contribution in [0.5, 0.6) is 0 Å². The molecular formula is C15H17F2NO3. The highest BCUT2D eigenvalue weighted by Crippen LogP contribution is 2.58. The highest BCUT2D eigenvalue weighted by molar-refractivity contribution is 5.91. The van der Waals surface area contributed by atoms with Crippen LogP contribution in [-0.2, 0) is 9.59 Å². The summed E-state index contributed by atoms with van der Waals surface area (Å²) < 4.78 is 26.1. The lowest BCUT2D eigenvalue weighted by molar-refractivity contribution is -0.140. The summed E-state index contributed by atoms with van der Waals surface area (Å²) in [4.78, 5) is 23.2. The molecule has 1 aliphatic rings. The predicted octanol–water partition coefficient (Wildman–Crippen LogP) is 2.50. The summed E-state index contributed by atoms with van der Waals surface area (Å²) in [6, 6.07) is 2.87. The minimum absolute atomic E-state index is 0.385. The van der Waals surface area contributed by atoms with E-state index < -0.39 is 40.9 Å². The van der Waals surface area contributed by atoms with Crippen molar-refractivity contribution in [2.75, 3.05) is 0 Å². The van der Waals surface area contributed by atoms with E-state index in [-0.39, 0.29) is 5.91 Å². The van der Waals surface area contributed by atoms with Crippen molar-refractivity contribution >= 4 is 11.9 Å². The standard InChI is InChI=1S/C15H17F2NO3/c1-7(8-4-5-9(16)10(17)6-8)18-13(19)11-12(14(20)21)15(11,2)3/h4-7,11-12H,1-3H3,(H,18,19)(H,20,21). The maximum atomic E-state index is 13.2. The van der Waals surface area contributed by atoms with Crippen molar-refractivity contribution in [3.63, 3.8) is 0 Å². The molecule has 2 N–H and O–H groups in total. The number of carbonyl (C=O) groups is 2. The normalized spacial score (nSPS) is 24.2. The van der Waals surface area contributed by atoms with Crippen LogP contribution in [0.15, 0.2) is 18.2 Å². The molecule has 114 valence electrons. The quantitative estimate of drug-likeness (QED) is 0.897. The Morgan fingerprint density at radius 1 is 1.24 bits per heavy atom. The molecule has 3 unspecified atom stereocenters. The number of hydrogen-bond acceptors (Lipinski definition) is 2. The maximum absolute atomic E-state index is 13.2. The van der Waals surface area contributed by atoms with Gasteiger partial charge in [0.25, 0.3) is 0 Å². The Bertz CT molecular complexity index is 601. The van der Waals surface area contributed by atoms with E-state index in [1.54, 1.807) is 20.8 Å². The summed E-state index contributed by atoms with van der Waals surface area (Å²) in [5, 5.41) is 11.7. The van der Waals surface area contributed by atoms with Crippen LogP contribution in [-0.4, -0.2) is 17.0 Å². The second-order valence-electron chi connectivity index (χ2n) is 6.02. The number of nitrogens with one attached hydrogen (secondary N) is 1. The molecule has 21 heavy (non-hydrogen) atoms. The molecule has 0 aliphatic heterocycles. The van der Waals surface area contributed by atoms with Gasteiger partial charge < -0.3 is 10.4 Å². The van der Waals surface area contributed by atoms with Gasteiger partial charge in [0.05, 0.1) is 17.9 Å². The SMILES string of the molecule is CC(NC(=O)C1C(C(=O)O)C1(C)C)c1ccc(F)c(F)c1. The van der Waals surface area contributed by atoms with E-state index in [1.165, 1.54) is 6.07 Å². The van der Waals surface area contributed by atoms with Gasteiger partial charge in [0.15, 0.2) is 11.6 Å². The van der Waals surface area contributed by atoms with Gasteiger partial charge in [-0.2, -0.15) is 0 Å². The number of aliphatic carboxylic acids is 1. The van der Waals surface area contributed by atoms with Crippen molar-refractivity contribution in [3.05, 3.63) is 35.4 Å². The van der Waals surface area contributed by atoms with Gasteiger partial charge in [0.2, 0.25) is 5.91 Å². The van der Waals surface area contributed by atoms with Gasteiger partial charge in [-0.1, -0.05) is 19.9 Å². The second kappa shape index (κ2) is 5.09. The molecule has 6 heteroatoms. The fourth-order valence-electron chi connectivity index (χ4n) is 2.76. The van der Waals surface area contributed by atoms with E-state index in [9.17, 15) is 18.4 Å². The molecule has 0 heterocycles. The smallest absolute Gasteiger partial charge is 0.307 e. The van der Waals surface area contributed by atoms with Gasteiger partial charge in [-0.3, -0.25) is 9.59 Å². The maximum Gasteiger partial charge on any atom is 0.307 e. The monoisotopic (exact) mass is 297 g/mol. The zero-order valence-corrected chi connectivity index (χ0v) is 12.0. The van der Waals surface area contributed by atoms with E-state index >= 15 is 0 Å². The number of amides is 1. The molecule has 0 saturated heterocycles. The zero-order chi connectivity index (χ0) is 15.9. The second-order valence-corrected chi connectivity index (χ2v) is 6.02. The van der Waals surface area contributed by atoms with Crippen molar-refractivity contribution < 1.29 is 23.5 Å². The van der Waals surface area contributed by atoms with Crippen molar-refractivity contribution in [3.8, 4) is 0 Å². The first-order chi connectivity index (χ1) is 9.66. The summed E-state index contributed by atoms with van der Waals surface area (Å²) in [6.07, 6.45) is 0. The molecule has 2 rings (SSSR count). The van der Waals surface area contributed by atoms with E-state index in [0.717, 1.165) is 12.1 Å². The zero-order valence-electron chi connectivity index (χ0n) is 12.0. The average Bonchev–Trinajstić information content (AvgIpc) is 2.96. The predicted molar refractivity (Wildman–Crippen MR) is 71.3 cm³/mol. The lowest BCUT2D eigenvalue weighted by Gasteiger charge is -2.15. The first kappa shape index (κ1) is 15.4. The molecule has 4 nitrogen and oxygen atoms in total. The lowest BCUT2D eigenvalue weighted by Crippen LogP contribution is -2.30. The van der Waals surface area contributed by atoms with E-state index in [2.05, 4.69) is 5.32 Å². The molecule has 1 saturated carbocycles. The largest absolute Gasteiger partial charge is 0.481 e. The lowest BCUT2D eigenvalue weighted by atomic mass is 10.1. The van der Waals surface area contributed by atoms with Crippen LogP contribution in [0.3, 0.4) is 0 Å². The highest BCUT2D eigenvalue weighted by atomic mass is 19.2. The molecule has 1 aliphatic carbocycles. The van der Waals surface area contributed by atoms with Gasteiger partial charge >= 0.3 is 5.97 Å². The molecule has 1 aromatic carbocycles. The first-order valence-corrected chi connectivity index (χ1v) is 6.64. The molecule has 1 aromatic rings. The van der Waals surface area contributed by atoms with Gasteiger partial charge in [-0.05, 0) is 30.0 Å². The molecule has 0 radical (unpaired) electrons. The number of carboxylic acids is 1. The summed E-state index contributed by atoms with van der Waals surface area (Å²) in [6.45, 7) is 5.08. The van der Waals surface area contributed by atoms with E-state index in [0.29, 0.717) is 5.56 Å².